The van der Waals surface area contributed by atoms with E-state index in [-0.39, 0.29) is 24.2 Å². The summed E-state index contributed by atoms with van der Waals surface area (Å²) in [5.41, 5.74) is 0.201. The molecule has 3 rings (SSSR count). The summed E-state index contributed by atoms with van der Waals surface area (Å²) in [5.74, 6) is -0.279. The van der Waals surface area contributed by atoms with Crippen LogP contribution < -0.4 is 10.9 Å². The molecule has 136 valence electrons. The Labute approximate surface area is 154 Å². The molecule has 8 nitrogen and oxygen atoms in total. The van der Waals surface area contributed by atoms with Crippen molar-refractivity contribution in [1.82, 2.24) is 14.8 Å². The molecule has 1 aromatic carbocycles. The molecule has 1 fully saturated rings. The first-order valence-corrected chi connectivity index (χ1v) is 8.44. The van der Waals surface area contributed by atoms with Gasteiger partial charge in [0, 0.05) is 36.8 Å². The highest BCUT2D eigenvalue weighted by Crippen LogP contribution is 2.25. The molecule has 0 spiro atoms. The molecule has 1 aliphatic heterocycles. The van der Waals surface area contributed by atoms with Crippen LogP contribution in [0.25, 0.3) is 0 Å². The third-order valence-corrected chi connectivity index (χ3v) is 4.52. The molecule has 0 radical (unpaired) electrons. The van der Waals surface area contributed by atoms with Gasteiger partial charge in [-0.2, -0.15) is 0 Å². The number of carbonyl (C=O) groups excluding carboxylic acids is 1. The Balaban J connectivity index is 1.84. The normalized spacial score (nSPS) is 17.1. The fraction of sp³-hybridized carbons (Fsp3) is 0.294. The first kappa shape index (κ1) is 18.1. The molecule has 1 atom stereocenters. The largest absolute Gasteiger partial charge is 0.332 e. The van der Waals surface area contributed by atoms with E-state index in [2.05, 4.69) is 5.32 Å². The van der Waals surface area contributed by atoms with Crippen LogP contribution >= 0.6 is 11.6 Å². The summed E-state index contributed by atoms with van der Waals surface area (Å²) in [4.78, 5) is 36.7. The molecular weight excluding hydrogens is 360 g/mol. The zero-order chi connectivity index (χ0) is 18.7. The van der Waals surface area contributed by atoms with E-state index in [0.717, 1.165) is 28.5 Å². The maximum atomic E-state index is 12.8. The highest BCUT2D eigenvalue weighted by atomic mass is 35.5. The van der Waals surface area contributed by atoms with Crippen LogP contribution in [0.1, 0.15) is 11.6 Å². The number of carbonyl (C=O) groups is 1. The van der Waals surface area contributed by atoms with Gasteiger partial charge in [-0.25, -0.2) is 0 Å². The van der Waals surface area contributed by atoms with Gasteiger partial charge in [-0.3, -0.25) is 24.3 Å². The van der Waals surface area contributed by atoms with E-state index < -0.39 is 10.5 Å². The summed E-state index contributed by atoms with van der Waals surface area (Å²) in [7, 11) is 0. The lowest BCUT2D eigenvalue weighted by Crippen LogP contribution is -2.50. The van der Waals surface area contributed by atoms with E-state index in [0.29, 0.717) is 24.7 Å². The van der Waals surface area contributed by atoms with Crippen LogP contribution in [0.15, 0.2) is 47.4 Å². The summed E-state index contributed by atoms with van der Waals surface area (Å²) in [6.07, 6.45) is 1.09. The molecule has 1 aliphatic rings. The maximum absolute atomic E-state index is 12.8. The minimum absolute atomic E-state index is 0.218. The Morgan fingerprint density at radius 2 is 2.15 bits per heavy atom. The molecule has 1 saturated heterocycles. The topological polar surface area (TPSA) is 97.5 Å². The molecule has 0 saturated carbocycles. The summed E-state index contributed by atoms with van der Waals surface area (Å²) in [6, 6.07) is 9.28. The molecule has 1 unspecified atom stereocenters. The van der Waals surface area contributed by atoms with E-state index in [1.165, 1.54) is 0 Å². The molecule has 0 aliphatic carbocycles. The molecular formula is C17H17ClN4O4. The van der Waals surface area contributed by atoms with Crippen LogP contribution in [-0.2, 0) is 11.3 Å². The van der Waals surface area contributed by atoms with Crippen molar-refractivity contribution in [2.45, 2.75) is 12.6 Å². The zero-order valence-corrected chi connectivity index (χ0v) is 14.6. The number of nitro groups is 1. The summed E-state index contributed by atoms with van der Waals surface area (Å²) < 4.78 is 1.07. The SMILES string of the molecule is O=C(Cn1cc([N+](=O)[O-])ccc1=O)N1CCNCC1c1cccc(Cl)c1. The molecule has 26 heavy (non-hydrogen) atoms. The summed E-state index contributed by atoms with van der Waals surface area (Å²) in [6.45, 7) is 1.42. The Hall–Kier alpha value is -2.71. The Kier molecular flexibility index (Phi) is 5.34. The zero-order valence-electron chi connectivity index (χ0n) is 13.8. The van der Waals surface area contributed by atoms with E-state index in [9.17, 15) is 19.7 Å². The van der Waals surface area contributed by atoms with E-state index >= 15 is 0 Å². The van der Waals surface area contributed by atoms with Gasteiger partial charge < -0.3 is 10.2 Å². The molecule has 9 heteroatoms. The Morgan fingerprint density at radius 1 is 1.35 bits per heavy atom. The number of halogens is 1. The van der Waals surface area contributed by atoms with Gasteiger partial charge in [-0.05, 0) is 17.7 Å². The van der Waals surface area contributed by atoms with Gasteiger partial charge >= 0.3 is 0 Å². The number of piperazine rings is 1. The number of hydrogen-bond donors (Lipinski definition) is 1. The van der Waals surface area contributed by atoms with Crippen molar-refractivity contribution >= 4 is 23.2 Å². The van der Waals surface area contributed by atoms with Gasteiger partial charge in [0.2, 0.25) is 5.91 Å². The smallest absolute Gasteiger partial charge is 0.285 e. The van der Waals surface area contributed by atoms with Crippen LogP contribution in [0.4, 0.5) is 5.69 Å². The first-order valence-electron chi connectivity index (χ1n) is 8.06. The molecule has 0 bridgehead atoms. The second kappa shape index (κ2) is 7.67. The molecule has 1 N–H and O–H groups in total. The van der Waals surface area contributed by atoms with Gasteiger partial charge in [-0.15, -0.1) is 0 Å². The van der Waals surface area contributed by atoms with Gasteiger partial charge in [0.15, 0.2) is 0 Å². The quantitative estimate of drug-likeness (QED) is 0.645. The minimum atomic E-state index is -0.597. The predicted octanol–water partition coefficient (Wildman–Crippen LogP) is 1.58. The van der Waals surface area contributed by atoms with Crippen molar-refractivity contribution in [3.05, 3.63) is 73.6 Å². The van der Waals surface area contributed by atoms with Crippen molar-refractivity contribution in [2.24, 2.45) is 0 Å². The monoisotopic (exact) mass is 376 g/mol. The van der Waals surface area contributed by atoms with Crippen LogP contribution in [0, 0.1) is 10.1 Å². The number of aromatic nitrogens is 1. The molecule has 2 heterocycles. The molecule has 2 aromatic rings. The van der Waals surface area contributed by atoms with E-state index in [4.69, 9.17) is 11.6 Å². The minimum Gasteiger partial charge on any atom is -0.332 e. The lowest BCUT2D eigenvalue weighted by molar-refractivity contribution is -0.385. The second-order valence-electron chi connectivity index (χ2n) is 5.97. The number of nitrogens with zero attached hydrogens (tertiary/aromatic N) is 3. The number of pyridine rings is 1. The van der Waals surface area contributed by atoms with Crippen LogP contribution in [0.2, 0.25) is 5.02 Å². The van der Waals surface area contributed by atoms with Crippen LogP contribution in [-0.4, -0.2) is 39.9 Å². The highest BCUT2D eigenvalue weighted by molar-refractivity contribution is 6.30. The third kappa shape index (κ3) is 3.92. The maximum Gasteiger partial charge on any atom is 0.285 e. The number of benzene rings is 1. The van der Waals surface area contributed by atoms with Crippen LogP contribution in [0.3, 0.4) is 0 Å². The van der Waals surface area contributed by atoms with Crippen molar-refractivity contribution in [3.8, 4) is 0 Å². The number of amides is 1. The molecule has 1 amide bonds. The number of rotatable bonds is 4. The fourth-order valence-electron chi connectivity index (χ4n) is 3.00. The second-order valence-corrected chi connectivity index (χ2v) is 6.41. The van der Waals surface area contributed by atoms with Gasteiger partial charge in [0.25, 0.3) is 11.2 Å². The van der Waals surface area contributed by atoms with Crippen molar-refractivity contribution in [2.75, 3.05) is 19.6 Å². The first-order chi connectivity index (χ1) is 12.5. The standard InChI is InChI=1S/C17H17ClN4O4/c18-13-3-1-2-12(8-13)15-9-19-6-7-21(15)17(24)11-20-10-14(22(25)26)4-5-16(20)23/h1-5,8,10,15,19H,6-7,9,11H2. The Morgan fingerprint density at radius 3 is 2.88 bits per heavy atom. The average molecular weight is 377 g/mol. The fourth-order valence-corrected chi connectivity index (χ4v) is 3.20. The predicted molar refractivity (Wildman–Crippen MR) is 96.1 cm³/mol. The van der Waals surface area contributed by atoms with Gasteiger partial charge in [0.05, 0.1) is 17.2 Å². The molecule has 1 aromatic heterocycles. The highest BCUT2D eigenvalue weighted by Gasteiger charge is 2.28. The Bertz CT molecular complexity index is 898. The average Bonchev–Trinajstić information content (AvgIpc) is 2.63. The number of hydrogen-bond acceptors (Lipinski definition) is 5. The van der Waals surface area contributed by atoms with Crippen molar-refractivity contribution in [3.63, 3.8) is 0 Å². The van der Waals surface area contributed by atoms with Crippen LogP contribution in [0.5, 0.6) is 0 Å². The van der Waals surface area contributed by atoms with E-state index in [1.807, 2.05) is 12.1 Å². The van der Waals surface area contributed by atoms with Gasteiger partial charge in [-0.1, -0.05) is 23.7 Å². The lowest BCUT2D eigenvalue weighted by Gasteiger charge is -2.36. The number of nitrogens with one attached hydrogen (secondary N) is 1. The van der Waals surface area contributed by atoms with Crippen molar-refractivity contribution in [1.29, 1.82) is 0 Å². The van der Waals surface area contributed by atoms with E-state index in [1.54, 1.807) is 17.0 Å². The summed E-state index contributed by atoms with van der Waals surface area (Å²) in [5, 5.41) is 14.7. The lowest BCUT2D eigenvalue weighted by atomic mass is 10.0. The van der Waals surface area contributed by atoms with Gasteiger partial charge in [0.1, 0.15) is 6.54 Å². The van der Waals surface area contributed by atoms with Crippen molar-refractivity contribution < 1.29 is 9.72 Å². The third-order valence-electron chi connectivity index (χ3n) is 4.28. The summed E-state index contributed by atoms with van der Waals surface area (Å²) >= 11 is 6.06.